The first-order chi connectivity index (χ1) is 23.8. The highest BCUT2D eigenvalue weighted by atomic mass is 15.1. The Kier molecular flexibility index (Phi) is 6.76. The molecule has 0 spiro atoms. The topological polar surface area (TPSA) is 3.24 Å². The van der Waals surface area contributed by atoms with Gasteiger partial charge in [0.15, 0.2) is 0 Å². The van der Waals surface area contributed by atoms with Crippen molar-refractivity contribution in [1.29, 1.82) is 0 Å². The van der Waals surface area contributed by atoms with Crippen LogP contribution >= 0.6 is 0 Å². The van der Waals surface area contributed by atoms with Crippen LogP contribution in [0.2, 0.25) is 0 Å². The molecule has 0 saturated carbocycles. The third kappa shape index (κ3) is 4.47. The lowest BCUT2D eigenvalue weighted by atomic mass is 9.67. The second kappa shape index (κ2) is 11.6. The highest BCUT2D eigenvalue weighted by Crippen LogP contribution is 2.57. The van der Waals surface area contributed by atoms with E-state index < -0.39 is 5.41 Å². The molecular weight excluding hydrogens is 579 g/mol. The fourth-order valence-corrected chi connectivity index (χ4v) is 7.77. The molecular formula is C47H33N. The average Bonchev–Trinajstić information content (AvgIpc) is 3.46. The monoisotopic (exact) mass is 611 g/mol. The van der Waals surface area contributed by atoms with Crippen molar-refractivity contribution in [2.24, 2.45) is 0 Å². The quantitative estimate of drug-likeness (QED) is 0.181. The van der Waals surface area contributed by atoms with Gasteiger partial charge in [-0.3, -0.25) is 0 Å². The number of benzene rings is 8. The maximum atomic E-state index is 2.44. The molecule has 0 N–H and O–H groups in total. The third-order valence-electron chi connectivity index (χ3n) is 9.91. The summed E-state index contributed by atoms with van der Waals surface area (Å²) in [4.78, 5) is 2.39. The second-order valence-corrected chi connectivity index (χ2v) is 12.5. The van der Waals surface area contributed by atoms with Gasteiger partial charge in [0.2, 0.25) is 0 Å². The Labute approximate surface area is 282 Å². The third-order valence-corrected chi connectivity index (χ3v) is 9.91. The van der Waals surface area contributed by atoms with Gasteiger partial charge in [0.1, 0.15) is 0 Å². The predicted octanol–water partition coefficient (Wildman–Crippen LogP) is 12.3. The highest BCUT2D eigenvalue weighted by Gasteiger charge is 2.46. The molecule has 1 aliphatic carbocycles. The van der Waals surface area contributed by atoms with Gasteiger partial charge in [-0.15, -0.1) is 0 Å². The fourth-order valence-electron chi connectivity index (χ4n) is 7.77. The van der Waals surface area contributed by atoms with Crippen LogP contribution < -0.4 is 4.90 Å². The Balaban J connectivity index is 1.34. The minimum atomic E-state index is -0.496. The zero-order chi connectivity index (χ0) is 31.9. The molecule has 0 saturated heterocycles. The van der Waals surface area contributed by atoms with Crippen molar-refractivity contribution in [3.8, 4) is 22.3 Å². The molecule has 0 bridgehead atoms. The van der Waals surface area contributed by atoms with Crippen molar-refractivity contribution >= 4 is 27.8 Å². The number of hydrogen-bond acceptors (Lipinski definition) is 1. The van der Waals surface area contributed by atoms with E-state index in [2.05, 4.69) is 205 Å². The van der Waals surface area contributed by atoms with Crippen LogP contribution in [0.5, 0.6) is 0 Å². The smallest absolute Gasteiger partial charge is 0.0714 e. The molecule has 48 heavy (non-hydrogen) atoms. The molecule has 0 aliphatic heterocycles. The molecule has 0 radical (unpaired) electrons. The van der Waals surface area contributed by atoms with Crippen molar-refractivity contribution in [2.45, 2.75) is 5.41 Å². The van der Waals surface area contributed by atoms with Crippen molar-refractivity contribution in [3.63, 3.8) is 0 Å². The molecule has 226 valence electrons. The van der Waals surface area contributed by atoms with Gasteiger partial charge in [-0.1, -0.05) is 158 Å². The second-order valence-electron chi connectivity index (χ2n) is 12.5. The average molecular weight is 612 g/mol. The lowest BCUT2D eigenvalue weighted by molar-refractivity contribution is 0.768. The van der Waals surface area contributed by atoms with Crippen molar-refractivity contribution in [1.82, 2.24) is 0 Å². The number of nitrogens with zero attached hydrogens (tertiary/aromatic N) is 1. The van der Waals surface area contributed by atoms with Crippen LogP contribution in [-0.4, -0.2) is 0 Å². The minimum Gasteiger partial charge on any atom is -0.310 e. The summed E-state index contributed by atoms with van der Waals surface area (Å²) in [5.74, 6) is 0. The fraction of sp³-hybridized carbons (Fsp3) is 0.0213. The summed E-state index contributed by atoms with van der Waals surface area (Å²) in [6.45, 7) is 0. The summed E-state index contributed by atoms with van der Waals surface area (Å²) in [5.41, 5.74) is 13.0. The van der Waals surface area contributed by atoms with Crippen molar-refractivity contribution < 1.29 is 0 Å². The minimum absolute atomic E-state index is 0.496. The van der Waals surface area contributed by atoms with Crippen LogP contribution in [0.15, 0.2) is 200 Å². The van der Waals surface area contributed by atoms with E-state index in [0.29, 0.717) is 0 Å². The first-order valence-corrected chi connectivity index (χ1v) is 16.6. The largest absolute Gasteiger partial charge is 0.310 e. The number of rotatable bonds is 6. The molecule has 0 amide bonds. The van der Waals surface area contributed by atoms with E-state index in [4.69, 9.17) is 0 Å². The molecule has 0 aromatic heterocycles. The van der Waals surface area contributed by atoms with E-state index in [1.54, 1.807) is 0 Å². The number of fused-ring (bicyclic) bond motifs is 4. The normalized spacial score (nSPS) is 12.8. The molecule has 0 heterocycles. The maximum Gasteiger partial charge on any atom is 0.0714 e. The van der Waals surface area contributed by atoms with E-state index in [9.17, 15) is 0 Å². The van der Waals surface area contributed by atoms with Gasteiger partial charge in [0.05, 0.1) is 5.41 Å². The lowest BCUT2D eigenvalue weighted by Gasteiger charge is -2.35. The van der Waals surface area contributed by atoms with Crippen molar-refractivity contribution in [3.05, 3.63) is 222 Å². The van der Waals surface area contributed by atoms with Gasteiger partial charge >= 0.3 is 0 Å². The Hall–Kier alpha value is -6.18. The van der Waals surface area contributed by atoms with E-state index in [1.807, 2.05) is 0 Å². The van der Waals surface area contributed by atoms with E-state index >= 15 is 0 Å². The van der Waals surface area contributed by atoms with Crippen LogP contribution in [-0.2, 0) is 5.41 Å². The predicted molar refractivity (Wildman–Crippen MR) is 201 cm³/mol. The molecule has 1 aliphatic rings. The maximum absolute atomic E-state index is 2.44. The zero-order valence-corrected chi connectivity index (χ0v) is 26.5. The van der Waals surface area contributed by atoms with Gasteiger partial charge in [0, 0.05) is 17.1 Å². The molecule has 8 aromatic carbocycles. The molecule has 9 rings (SSSR count). The molecule has 8 aromatic rings. The molecule has 1 heteroatoms. The van der Waals surface area contributed by atoms with Crippen LogP contribution in [0.3, 0.4) is 0 Å². The Morgan fingerprint density at radius 1 is 0.312 bits per heavy atom. The van der Waals surface area contributed by atoms with Gasteiger partial charge in [0.25, 0.3) is 0 Å². The Morgan fingerprint density at radius 2 is 0.875 bits per heavy atom. The number of hydrogen-bond donors (Lipinski definition) is 0. The van der Waals surface area contributed by atoms with Gasteiger partial charge < -0.3 is 4.90 Å². The Bertz CT molecular complexity index is 2340. The summed E-state index contributed by atoms with van der Waals surface area (Å²) in [6, 6.07) is 73.1. The summed E-state index contributed by atoms with van der Waals surface area (Å²) >= 11 is 0. The standard InChI is InChI=1S/C47H33N/c1-5-15-34(16-6-1)37-26-30-45-44(32-37)43-29-28-42(33-46(43)47(45,38-19-7-2-8-20-38)39-21-9-3-10-22-39)48(40-23-11-4-12-24-40)41-27-25-35-17-13-14-18-36(35)31-41/h1-33H. The van der Waals surface area contributed by atoms with Crippen LogP contribution in [0, 0.1) is 0 Å². The van der Waals surface area contributed by atoms with Gasteiger partial charge in [-0.25, -0.2) is 0 Å². The number of anilines is 3. The summed E-state index contributed by atoms with van der Waals surface area (Å²) < 4.78 is 0. The van der Waals surface area contributed by atoms with E-state index in [1.165, 1.54) is 55.3 Å². The summed E-state index contributed by atoms with van der Waals surface area (Å²) in [7, 11) is 0. The lowest BCUT2D eigenvalue weighted by Crippen LogP contribution is -2.28. The first-order valence-electron chi connectivity index (χ1n) is 16.6. The molecule has 0 fully saturated rings. The Morgan fingerprint density at radius 3 is 1.56 bits per heavy atom. The van der Waals surface area contributed by atoms with Gasteiger partial charge in [-0.05, 0) is 97.7 Å². The first kappa shape index (κ1) is 28.1. The number of para-hydroxylation sites is 1. The molecule has 1 nitrogen and oxygen atoms in total. The molecule has 0 atom stereocenters. The van der Waals surface area contributed by atoms with Crippen LogP contribution in [0.1, 0.15) is 22.3 Å². The van der Waals surface area contributed by atoms with Crippen LogP contribution in [0.4, 0.5) is 17.1 Å². The van der Waals surface area contributed by atoms with Crippen molar-refractivity contribution in [2.75, 3.05) is 4.90 Å². The van der Waals surface area contributed by atoms with Crippen LogP contribution in [0.25, 0.3) is 33.0 Å². The zero-order valence-electron chi connectivity index (χ0n) is 26.5. The summed E-state index contributed by atoms with van der Waals surface area (Å²) in [5, 5.41) is 2.46. The highest BCUT2D eigenvalue weighted by molar-refractivity contribution is 5.93. The SMILES string of the molecule is c1ccc(-c2ccc3c(c2)-c2ccc(N(c4ccccc4)c4ccc5ccccc5c4)cc2C3(c2ccccc2)c2ccccc2)cc1. The van der Waals surface area contributed by atoms with Gasteiger partial charge in [-0.2, -0.15) is 0 Å². The molecule has 0 unspecified atom stereocenters. The van der Waals surface area contributed by atoms with E-state index in [-0.39, 0.29) is 0 Å². The van der Waals surface area contributed by atoms with E-state index in [0.717, 1.165) is 17.1 Å². The summed E-state index contributed by atoms with van der Waals surface area (Å²) in [6.07, 6.45) is 0.